The van der Waals surface area contributed by atoms with E-state index in [-0.39, 0.29) is 11.7 Å². The van der Waals surface area contributed by atoms with E-state index in [1.54, 1.807) is 48.7 Å². The van der Waals surface area contributed by atoms with Crippen LogP contribution in [0.2, 0.25) is 5.02 Å². The van der Waals surface area contributed by atoms with Crippen LogP contribution in [0.3, 0.4) is 0 Å². The van der Waals surface area contributed by atoms with E-state index in [2.05, 4.69) is 5.32 Å². The molecule has 120 valence electrons. The van der Waals surface area contributed by atoms with Crippen molar-refractivity contribution in [3.8, 4) is 0 Å². The van der Waals surface area contributed by atoms with E-state index in [0.29, 0.717) is 21.7 Å². The van der Waals surface area contributed by atoms with Gasteiger partial charge in [-0.15, -0.1) is 11.8 Å². The number of nitrogens with two attached hydrogens (primary N) is 1. The SMILES string of the molecule is CNC(=O)C(N)(SC)c1cc(Cl)cc(C(=O)c2ccccc2)c1. The van der Waals surface area contributed by atoms with Gasteiger partial charge in [0.2, 0.25) is 0 Å². The molecule has 4 nitrogen and oxygen atoms in total. The molecule has 0 aliphatic rings. The number of hydrogen-bond acceptors (Lipinski definition) is 4. The van der Waals surface area contributed by atoms with Gasteiger partial charge in [-0.05, 0) is 30.0 Å². The lowest BCUT2D eigenvalue weighted by Gasteiger charge is -2.26. The third-order valence-corrected chi connectivity index (χ3v) is 4.79. The maximum atomic E-state index is 12.6. The molecule has 0 spiro atoms. The zero-order valence-electron chi connectivity index (χ0n) is 12.8. The highest BCUT2D eigenvalue weighted by Gasteiger charge is 2.35. The summed E-state index contributed by atoms with van der Waals surface area (Å²) in [6.45, 7) is 0. The van der Waals surface area contributed by atoms with Crippen molar-refractivity contribution in [2.24, 2.45) is 5.73 Å². The Kier molecular flexibility index (Phi) is 5.46. The van der Waals surface area contributed by atoms with Crippen molar-refractivity contribution in [3.63, 3.8) is 0 Å². The van der Waals surface area contributed by atoms with Crippen LogP contribution in [0.25, 0.3) is 0 Å². The number of ketones is 1. The lowest BCUT2D eigenvalue weighted by Crippen LogP contribution is -2.47. The van der Waals surface area contributed by atoms with Gasteiger partial charge in [-0.25, -0.2) is 0 Å². The summed E-state index contributed by atoms with van der Waals surface area (Å²) >= 11 is 7.32. The molecule has 2 aromatic rings. The molecule has 23 heavy (non-hydrogen) atoms. The summed E-state index contributed by atoms with van der Waals surface area (Å²) in [7, 11) is 1.51. The highest BCUT2D eigenvalue weighted by molar-refractivity contribution is 8.00. The van der Waals surface area contributed by atoms with E-state index >= 15 is 0 Å². The number of thioether (sulfide) groups is 1. The van der Waals surface area contributed by atoms with Crippen molar-refractivity contribution in [2.75, 3.05) is 13.3 Å². The molecule has 3 N–H and O–H groups in total. The average Bonchev–Trinajstić information content (AvgIpc) is 2.59. The van der Waals surface area contributed by atoms with E-state index < -0.39 is 4.87 Å². The van der Waals surface area contributed by atoms with Gasteiger partial charge in [0.1, 0.15) is 0 Å². The summed E-state index contributed by atoms with van der Waals surface area (Å²) in [6, 6.07) is 13.7. The predicted molar refractivity (Wildman–Crippen MR) is 94.8 cm³/mol. The summed E-state index contributed by atoms with van der Waals surface area (Å²) in [6.07, 6.45) is 1.73. The van der Waals surface area contributed by atoms with E-state index in [1.807, 2.05) is 6.07 Å². The lowest BCUT2D eigenvalue weighted by molar-refractivity contribution is -0.123. The van der Waals surface area contributed by atoms with Crippen LogP contribution in [0.1, 0.15) is 21.5 Å². The molecule has 0 aliphatic heterocycles. The van der Waals surface area contributed by atoms with Gasteiger partial charge in [-0.3, -0.25) is 9.59 Å². The number of carbonyl (C=O) groups excluding carboxylic acids is 2. The Morgan fingerprint density at radius 2 is 1.78 bits per heavy atom. The monoisotopic (exact) mass is 348 g/mol. The number of rotatable bonds is 5. The molecule has 2 rings (SSSR count). The highest BCUT2D eigenvalue weighted by Crippen LogP contribution is 2.32. The van der Waals surface area contributed by atoms with Gasteiger partial charge in [0.15, 0.2) is 10.7 Å². The molecule has 1 amide bonds. The number of halogens is 1. The Balaban J connectivity index is 2.51. The zero-order valence-corrected chi connectivity index (χ0v) is 14.4. The quantitative estimate of drug-likeness (QED) is 0.643. The van der Waals surface area contributed by atoms with Crippen molar-refractivity contribution in [1.29, 1.82) is 0 Å². The molecule has 0 heterocycles. The normalized spacial score (nSPS) is 13.2. The molecule has 0 bridgehead atoms. The second-order valence-electron chi connectivity index (χ2n) is 4.94. The van der Waals surface area contributed by atoms with Gasteiger partial charge >= 0.3 is 0 Å². The topological polar surface area (TPSA) is 72.2 Å². The number of likely N-dealkylation sites (N-methyl/N-ethyl adjacent to an activating group) is 1. The van der Waals surface area contributed by atoms with Crippen LogP contribution in [-0.4, -0.2) is 25.0 Å². The molecule has 1 unspecified atom stereocenters. The minimum absolute atomic E-state index is 0.172. The Bertz CT molecular complexity index is 737. The van der Waals surface area contributed by atoms with Gasteiger partial charge in [-0.1, -0.05) is 41.9 Å². The first-order chi connectivity index (χ1) is 10.9. The Morgan fingerprint density at radius 1 is 1.13 bits per heavy atom. The summed E-state index contributed by atoms with van der Waals surface area (Å²) in [4.78, 5) is 23.4. The molecule has 0 saturated carbocycles. The molecule has 0 radical (unpaired) electrons. The van der Waals surface area contributed by atoms with Crippen molar-refractivity contribution in [3.05, 3.63) is 70.2 Å². The van der Waals surface area contributed by atoms with Crippen molar-refractivity contribution >= 4 is 35.1 Å². The van der Waals surface area contributed by atoms with Gasteiger partial charge < -0.3 is 11.1 Å². The van der Waals surface area contributed by atoms with Crippen LogP contribution in [0.4, 0.5) is 0 Å². The van der Waals surface area contributed by atoms with Gasteiger partial charge in [0.05, 0.1) is 0 Å². The largest absolute Gasteiger partial charge is 0.357 e. The molecule has 0 aromatic heterocycles. The second-order valence-corrected chi connectivity index (χ2v) is 6.43. The van der Waals surface area contributed by atoms with Crippen LogP contribution in [0.5, 0.6) is 0 Å². The van der Waals surface area contributed by atoms with E-state index in [9.17, 15) is 9.59 Å². The fourth-order valence-corrected chi connectivity index (χ4v) is 3.09. The fraction of sp³-hybridized carbons (Fsp3) is 0.176. The molecular formula is C17H17ClN2O2S. The molecular weight excluding hydrogens is 332 g/mol. The van der Waals surface area contributed by atoms with Crippen molar-refractivity contribution < 1.29 is 9.59 Å². The fourth-order valence-electron chi connectivity index (χ4n) is 2.22. The minimum atomic E-state index is -1.31. The van der Waals surface area contributed by atoms with Crippen LogP contribution in [0.15, 0.2) is 48.5 Å². The van der Waals surface area contributed by atoms with Crippen LogP contribution < -0.4 is 11.1 Å². The number of hydrogen-bond donors (Lipinski definition) is 2. The summed E-state index contributed by atoms with van der Waals surface area (Å²) in [5, 5.41) is 2.90. The zero-order chi connectivity index (χ0) is 17.0. The maximum Gasteiger partial charge on any atom is 0.254 e. The molecule has 0 saturated heterocycles. The smallest absolute Gasteiger partial charge is 0.254 e. The lowest BCUT2D eigenvalue weighted by atomic mass is 9.98. The highest BCUT2D eigenvalue weighted by atomic mass is 35.5. The van der Waals surface area contributed by atoms with E-state index in [1.165, 1.54) is 18.8 Å². The summed E-state index contributed by atoms with van der Waals surface area (Å²) in [5.74, 6) is -0.528. The van der Waals surface area contributed by atoms with Crippen LogP contribution in [-0.2, 0) is 9.67 Å². The number of carbonyl (C=O) groups is 2. The predicted octanol–water partition coefficient (Wildman–Crippen LogP) is 2.79. The Hall–Kier alpha value is -1.82. The first-order valence-corrected chi connectivity index (χ1v) is 8.49. The van der Waals surface area contributed by atoms with Gasteiger partial charge in [-0.2, -0.15) is 0 Å². The van der Waals surface area contributed by atoms with Crippen LogP contribution in [0, 0.1) is 0 Å². The van der Waals surface area contributed by atoms with E-state index in [0.717, 1.165) is 0 Å². The third kappa shape index (κ3) is 3.58. The van der Waals surface area contributed by atoms with Crippen molar-refractivity contribution in [2.45, 2.75) is 4.87 Å². The minimum Gasteiger partial charge on any atom is -0.357 e. The Morgan fingerprint density at radius 3 is 2.35 bits per heavy atom. The average molecular weight is 349 g/mol. The number of amides is 1. The second kappa shape index (κ2) is 7.17. The van der Waals surface area contributed by atoms with Crippen molar-refractivity contribution in [1.82, 2.24) is 5.32 Å². The number of benzene rings is 2. The summed E-state index contributed by atoms with van der Waals surface area (Å²) in [5.41, 5.74) is 7.66. The Labute approximate surface area is 144 Å². The molecule has 1 atom stereocenters. The van der Waals surface area contributed by atoms with Gasteiger partial charge in [0.25, 0.3) is 5.91 Å². The van der Waals surface area contributed by atoms with E-state index in [4.69, 9.17) is 17.3 Å². The molecule has 0 fully saturated rings. The molecule has 0 aliphatic carbocycles. The van der Waals surface area contributed by atoms with Crippen LogP contribution >= 0.6 is 23.4 Å². The standard InChI is InChI=1S/C17H17ClN2O2S/c1-20-16(22)17(19,23-2)13-8-12(9-14(18)10-13)15(21)11-6-4-3-5-7-11/h3-10H,19H2,1-2H3,(H,20,22). The van der Waals surface area contributed by atoms with Gasteiger partial charge in [0, 0.05) is 23.2 Å². The molecule has 2 aromatic carbocycles. The summed E-state index contributed by atoms with van der Waals surface area (Å²) < 4.78 is 0. The first kappa shape index (κ1) is 17.5. The third-order valence-electron chi connectivity index (χ3n) is 3.51. The maximum absolute atomic E-state index is 12.6. The molecule has 6 heteroatoms. The first-order valence-electron chi connectivity index (χ1n) is 6.89. The number of nitrogens with one attached hydrogen (secondary N) is 1.